The van der Waals surface area contributed by atoms with Crippen molar-refractivity contribution in [1.82, 2.24) is 19.5 Å². The van der Waals surface area contributed by atoms with E-state index in [1.165, 1.54) is 0 Å². The second-order valence-corrected chi connectivity index (χ2v) is 19.2. The van der Waals surface area contributed by atoms with Crippen molar-refractivity contribution in [2.24, 2.45) is 11.3 Å². The van der Waals surface area contributed by atoms with Gasteiger partial charge >= 0.3 is 212 Å². The number of phosphoric ester groups is 2. The van der Waals surface area contributed by atoms with Gasteiger partial charge in [0.05, 0.1) is 0 Å². The molecule has 4 aromatic carbocycles. The molecule has 0 bridgehead atoms. The fourth-order valence-corrected chi connectivity index (χ4v) is 11.0. The van der Waals surface area contributed by atoms with Gasteiger partial charge < -0.3 is 0 Å². The van der Waals surface area contributed by atoms with Gasteiger partial charge in [-0.15, -0.1) is 0 Å². The first-order chi connectivity index (χ1) is 27.7. The summed E-state index contributed by atoms with van der Waals surface area (Å²) in [6.07, 6.45) is 1.94. The molecule has 2 aliphatic rings. The number of fused-ring (bicyclic) bond motifs is 2. The van der Waals surface area contributed by atoms with Gasteiger partial charge in [0.2, 0.25) is 0 Å². The molecule has 0 saturated heterocycles. The van der Waals surface area contributed by atoms with Gasteiger partial charge in [0, 0.05) is 0 Å². The Balaban J connectivity index is 1.10. The van der Waals surface area contributed by atoms with Gasteiger partial charge in [-0.25, -0.2) is 0 Å². The summed E-state index contributed by atoms with van der Waals surface area (Å²) in [6, 6.07) is 37.4. The molecular weight excluding hydrogens is 853 g/mol. The Labute approximate surface area is 342 Å². The SMILES string of the molecule is C[Se]c1nc(Cl)c2ncn([C@H]3C[C@H](OP(=O)(OCc4ccccc4)OCc4ccccc4)[C@@]4(COP(=O)(OCc5ccccc5)OCc5ccccc5)C[C@H]34)c2n1. The number of hydrogen-bond acceptors (Lipinski definition) is 11. The monoisotopic (exact) mass is 894 g/mol. The average Bonchev–Trinajstić information content (AvgIpc) is 3.71. The molecule has 2 saturated carbocycles. The van der Waals surface area contributed by atoms with Gasteiger partial charge in [0.15, 0.2) is 0 Å². The van der Waals surface area contributed by atoms with Crippen molar-refractivity contribution in [1.29, 1.82) is 0 Å². The number of imidazole rings is 1. The Morgan fingerprint density at radius 2 is 1.18 bits per heavy atom. The molecule has 2 aromatic heterocycles. The van der Waals surface area contributed by atoms with Crippen molar-refractivity contribution < 1.29 is 36.3 Å². The molecule has 0 radical (unpaired) electrons. The van der Waals surface area contributed by atoms with Crippen molar-refractivity contribution in [3.63, 3.8) is 0 Å². The van der Waals surface area contributed by atoms with E-state index in [0.717, 1.165) is 22.3 Å². The molecule has 2 fully saturated rings. The number of phosphoric acid groups is 2. The van der Waals surface area contributed by atoms with Crippen LogP contribution < -0.4 is 4.72 Å². The third kappa shape index (κ3) is 9.52. The predicted molar refractivity (Wildman–Crippen MR) is 217 cm³/mol. The van der Waals surface area contributed by atoms with Gasteiger partial charge in [-0.2, -0.15) is 0 Å². The van der Waals surface area contributed by atoms with Crippen LogP contribution in [0.1, 0.15) is 41.1 Å². The fourth-order valence-electron chi connectivity index (χ4n) is 7.25. The summed E-state index contributed by atoms with van der Waals surface area (Å²) in [5, 5.41) is 0.286. The van der Waals surface area contributed by atoms with Crippen LogP contribution in [0.4, 0.5) is 0 Å². The molecule has 2 heterocycles. The molecule has 16 heteroatoms. The number of halogens is 1. The molecule has 12 nitrogen and oxygen atoms in total. The number of rotatable bonds is 19. The Hall–Kier alpha value is -3.54. The number of aromatic nitrogens is 4. The fraction of sp³-hybridized carbons (Fsp3) is 0.293. The molecule has 0 unspecified atom stereocenters. The first kappa shape index (κ1) is 40.2. The predicted octanol–water partition coefficient (Wildman–Crippen LogP) is 9.29. The van der Waals surface area contributed by atoms with Crippen molar-refractivity contribution in [2.45, 2.75) is 57.2 Å². The van der Waals surface area contributed by atoms with E-state index in [2.05, 4.69) is 9.97 Å². The van der Waals surface area contributed by atoms with Crippen molar-refractivity contribution in [2.75, 3.05) is 6.61 Å². The molecule has 296 valence electrons. The maximum absolute atomic E-state index is 14.8. The molecular formula is C41H41ClN4O8P2Se. The third-order valence-corrected chi connectivity index (χ3v) is 14.5. The van der Waals surface area contributed by atoms with Crippen LogP contribution in [0.5, 0.6) is 0 Å². The van der Waals surface area contributed by atoms with Gasteiger partial charge in [-0.3, -0.25) is 0 Å². The van der Waals surface area contributed by atoms with Crippen LogP contribution in [-0.4, -0.2) is 47.2 Å². The van der Waals surface area contributed by atoms with Crippen molar-refractivity contribution in [3.05, 3.63) is 155 Å². The summed E-state index contributed by atoms with van der Waals surface area (Å²) in [5.74, 6) is 1.94. The van der Waals surface area contributed by atoms with E-state index in [9.17, 15) is 9.13 Å². The van der Waals surface area contributed by atoms with Gasteiger partial charge in [-0.1, -0.05) is 121 Å². The Morgan fingerprint density at radius 3 is 1.65 bits per heavy atom. The molecule has 6 aromatic rings. The van der Waals surface area contributed by atoms with Gasteiger partial charge in [0.25, 0.3) is 0 Å². The summed E-state index contributed by atoms with van der Waals surface area (Å²) in [4.78, 5) is 13.8. The molecule has 2 aliphatic carbocycles. The van der Waals surface area contributed by atoms with Crippen LogP contribution in [0.25, 0.3) is 11.2 Å². The van der Waals surface area contributed by atoms with Gasteiger partial charge in [-0.05, 0) is 11.1 Å². The molecule has 57 heavy (non-hydrogen) atoms. The zero-order valence-electron chi connectivity index (χ0n) is 31.0. The second kappa shape index (κ2) is 17.8. The molecule has 0 amide bonds. The van der Waals surface area contributed by atoms with E-state index in [4.69, 9.17) is 43.7 Å². The topological polar surface area (TPSA) is 133 Å². The van der Waals surface area contributed by atoms with Gasteiger partial charge in [0.1, 0.15) is 0 Å². The zero-order chi connectivity index (χ0) is 39.3. The molecule has 0 N–H and O–H groups in total. The first-order valence-corrected chi connectivity index (χ1v) is 24.3. The summed E-state index contributed by atoms with van der Waals surface area (Å²) in [5.41, 5.74) is 3.54. The molecule has 0 aliphatic heterocycles. The second-order valence-electron chi connectivity index (χ2n) is 14.0. The van der Waals surface area contributed by atoms with E-state index >= 15 is 0 Å². The van der Waals surface area contributed by atoms with E-state index in [1.54, 1.807) is 6.33 Å². The van der Waals surface area contributed by atoms with E-state index < -0.39 is 27.2 Å². The van der Waals surface area contributed by atoms with Crippen LogP contribution in [0, 0.1) is 11.3 Å². The Kier molecular flexibility index (Phi) is 12.5. The maximum atomic E-state index is 14.8. The van der Waals surface area contributed by atoms with E-state index in [-0.39, 0.29) is 65.1 Å². The molecule has 8 rings (SSSR count). The van der Waals surface area contributed by atoms with Crippen LogP contribution >= 0.6 is 27.2 Å². The Morgan fingerprint density at radius 1 is 0.702 bits per heavy atom. The minimum absolute atomic E-state index is 0.00445. The third-order valence-electron chi connectivity index (χ3n) is 10.3. The summed E-state index contributed by atoms with van der Waals surface area (Å²) >= 11 is 6.57. The van der Waals surface area contributed by atoms with E-state index in [0.29, 0.717) is 28.7 Å². The normalized spacial score (nSPS) is 20.5. The van der Waals surface area contributed by atoms with Crippen LogP contribution in [0.3, 0.4) is 0 Å². The summed E-state index contributed by atoms with van der Waals surface area (Å²) < 4.78 is 69.0. The quantitative estimate of drug-likeness (QED) is 0.0438. The zero-order valence-corrected chi connectivity index (χ0v) is 35.3. The summed E-state index contributed by atoms with van der Waals surface area (Å²) in [6.45, 7) is -0.0817. The standard InChI is InChI=1S/C41H41ClN4O8P2Se/c1-57-40-44-38(42)37-39(45-40)46(29-43-37)35-22-36(54-56(48,51-26-32-18-10-4-11-19-32)52-27-33-20-12-5-13-21-33)41(23-34(35)41)28-53-55(47,49-24-30-14-6-2-7-15-30)50-25-31-16-8-3-9-17-31/h2-21,29,34-36H,22-28H2,1H3/t34-,35+,36+,41-/m1/s1. The minimum atomic E-state index is -4.25. The van der Waals surface area contributed by atoms with Crippen LogP contribution in [0.2, 0.25) is 11.0 Å². The average molecular weight is 894 g/mol. The number of hydrogen-bond donors (Lipinski definition) is 0. The van der Waals surface area contributed by atoms with Crippen LogP contribution in [0.15, 0.2) is 128 Å². The van der Waals surface area contributed by atoms with Crippen molar-refractivity contribution in [3.8, 4) is 0 Å². The van der Waals surface area contributed by atoms with E-state index in [1.807, 2.05) is 132 Å². The molecule has 4 atom stereocenters. The summed E-state index contributed by atoms with van der Waals surface area (Å²) in [7, 11) is -8.43. The number of nitrogens with zero attached hydrogens (tertiary/aromatic N) is 4. The van der Waals surface area contributed by atoms with Crippen LogP contribution in [-0.2, 0) is 62.7 Å². The first-order valence-electron chi connectivity index (χ1n) is 18.5. The van der Waals surface area contributed by atoms with Crippen molar-refractivity contribution >= 4 is 58.1 Å². The Bertz CT molecular complexity index is 2270. The number of benzene rings is 4. The molecule has 0 spiro atoms.